The molecule has 0 N–H and O–H groups in total. The number of rotatable bonds is 8. The van der Waals surface area contributed by atoms with Crippen LogP contribution in [0.25, 0.3) is 106 Å². The molecule has 6 nitrogen and oxygen atoms in total. The molecule has 0 aliphatic heterocycles. The predicted molar refractivity (Wildman–Crippen MR) is 256 cm³/mol. The summed E-state index contributed by atoms with van der Waals surface area (Å²) in [6.45, 7) is 0. The maximum absolute atomic E-state index is 6.76. The van der Waals surface area contributed by atoms with Crippen molar-refractivity contribution in [1.29, 1.82) is 0 Å². The van der Waals surface area contributed by atoms with Gasteiger partial charge in [-0.3, -0.25) is 4.57 Å². The van der Waals surface area contributed by atoms with E-state index < -0.39 is 0 Å². The number of benzene rings is 8. The van der Waals surface area contributed by atoms with E-state index in [1.165, 1.54) is 11.1 Å². The van der Waals surface area contributed by atoms with E-state index >= 15 is 0 Å². The summed E-state index contributed by atoms with van der Waals surface area (Å²) < 4.78 is 9.04. The Labute approximate surface area is 363 Å². The van der Waals surface area contributed by atoms with E-state index in [0.717, 1.165) is 88.5 Å². The van der Waals surface area contributed by atoms with Crippen LogP contribution in [0.5, 0.6) is 0 Å². The topological polar surface area (TPSA) is 69.6 Å². The number of furan rings is 1. The van der Waals surface area contributed by atoms with Gasteiger partial charge in [0, 0.05) is 56.4 Å². The minimum Gasteiger partial charge on any atom is -0.454 e. The lowest BCUT2D eigenvalue weighted by atomic mass is 9.91. The van der Waals surface area contributed by atoms with E-state index in [-0.39, 0.29) is 0 Å². The Hall–Kier alpha value is -8.48. The quantitative estimate of drug-likeness (QED) is 0.153. The van der Waals surface area contributed by atoms with Gasteiger partial charge in [-0.15, -0.1) is 0 Å². The fourth-order valence-electron chi connectivity index (χ4n) is 8.99. The van der Waals surface area contributed by atoms with Gasteiger partial charge < -0.3 is 4.42 Å². The molecule has 0 fully saturated rings. The SMILES string of the molecule is c1ccc(-c2nc(Cc3cc(-c4ccc(-c5ccccc5)c(-c5ccccc5)c4)cnc3-n3c4ccccc4c4ccc5c6ccccc6oc5c43)nc(-c3ccccc3)n2)cc1. The first-order valence-corrected chi connectivity index (χ1v) is 21.2. The van der Waals surface area contributed by atoms with Crippen LogP contribution >= 0.6 is 0 Å². The summed E-state index contributed by atoms with van der Waals surface area (Å²) in [4.78, 5) is 20.8. The molecule has 0 saturated carbocycles. The Morgan fingerprint density at radius 2 is 0.984 bits per heavy atom. The molecule has 0 amide bonds. The van der Waals surface area contributed by atoms with Gasteiger partial charge in [-0.25, -0.2) is 19.9 Å². The van der Waals surface area contributed by atoms with Crippen molar-refractivity contribution in [3.05, 3.63) is 224 Å². The van der Waals surface area contributed by atoms with Crippen LogP contribution in [0.2, 0.25) is 0 Å². The Balaban J connectivity index is 1.11. The molecule has 4 aromatic heterocycles. The van der Waals surface area contributed by atoms with E-state index in [1.54, 1.807) is 0 Å². The standard InChI is InChI=1S/C57H37N5O/c1-5-17-37(18-6-1)44-30-29-41(34-49(44)38-19-7-2-8-20-38)43-33-42(35-52-59-55(39-21-9-3-10-22-39)61-56(60-52)40-23-11-4-12-24-40)57(58-36-43)62-50-27-15-13-25-45(50)47-31-32-48-46-26-14-16-28-51(46)63-54(48)53(47)62/h1-34,36H,35H2. The van der Waals surface area contributed by atoms with Gasteiger partial charge in [-0.05, 0) is 58.1 Å². The number of nitrogens with zero attached hydrogens (tertiary/aromatic N) is 5. The monoisotopic (exact) mass is 807 g/mol. The highest BCUT2D eigenvalue weighted by Gasteiger charge is 2.23. The molecule has 12 aromatic rings. The number of aromatic nitrogens is 5. The second-order valence-electron chi connectivity index (χ2n) is 15.8. The fourth-order valence-corrected chi connectivity index (χ4v) is 8.99. The number of fused-ring (bicyclic) bond motifs is 7. The van der Waals surface area contributed by atoms with E-state index in [4.69, 9.17) is 24.4 Å². The third kappa shape index (κ3) is 6.44. The first kappa shape index (κ1) is 36.4. The third-order valence-electron chi connectivity index (χ3n) is 12.0. The molecule has 0 unspecified atom stereocenters. The Morgan fingerprint density at radius 1 is 0.413 bits per heavy atom. The summed E-state index contributed by atoms with van der Waals surface area (Å²) in [7, 11) is 0. The van der Waals surface area contributed by atoms with E-state index in [0.29, 0.717) is 23.9 Å². The highest BCUT2D eigenvalue weighted by atomic mass is 16.3. The molecule has 63 heavy (non-hydrogen) atoms. The molecule has 0 aliphatic carbocycles. The van der Waals surface area contributed by atoms with Crippen molar-refractivity contribution in [1.82, 2.24) is 24.5 Å². The maximum Gasteiger partial charge on any atom is 0.163 e. The normalized spacial score (nSPS) is 11.6. The van der Waals surface area contributed by atoms with Gasteiger partial charge in [0.25, 0.3) is 0 Å². The maximum atomic E-state index is 6.76. The average molecular weight is 808 g/mol. The molecule has 0 radical (unpaired) electrons. The highest BCUT2D eigenvalue weighted by Crippen LogP contribution is 2.42. The zero-order valence-corrected chi connectivity index (χ0v) is 34.1. The zero-order valence-electron chi connectivity index (χ0n) is 34.1. The minimum atomic E-state index is 0.385. The minimum absolute atomic E-state index is 0.385. The van der Waals surface area contributed by atoms with Crippen LogP contribution in [0.3, 0.4) is 0 Å². The highest BCUT2D eigenvalue weighted by molar-refractivity contribution is 6.21. The van der Waals surface area contributed by atoms with E-state index in [9.17, 15) is 0 Å². The largest absolute Gasteiger partial charge is 0.454 e. The molecule has 296 valence electrons. The molecule has 0 bridgehead atoms. The third-order valence-corrected chi connectivity index (χ3v) is 12.0. The zero-order chi connectivity index (χ0) is 41.7. The van der Waals surface area contributed by atoms with Crippen molar-refractivity contribution in [3.8, 4) is 62.0 Å². The fraction of sp³-hybridized carbons (Fsp3) is 0.0175. The van der Waals surface area contributed by atoms with Gasteiger partial charge in [0.2, 0.25) is 0 Å². The molecular formula is C57H37N5O. The van der Waals surface area contributed by atoms with Gasteiger partial charge in [0.15, 0.2) is 17.2 Å². The van der Waals surface area contributed by atoms with Crippen molar-refractivity contribution in [2.24, 2.45) is 0 Å². The number of para-hydroxylation sites is 2. The van der Waals surface area contributed by atoms with Crippen molar-refractivity contribution >= 4 is 43.7 Å². The van der Waals surface area contributed by atoms with E-state index in [1.807, 2.05) is 79.0 Å². The summed E-state index contributed by atoms with van der Waals surface area (Å²) in [6.07, 6.45) is 2.39. The molecule has 12 rings (SSSR count). The Morgan fingerprint density at radius 3 is 1.67 bits per heavy atom. The van der Waals surface area contributed by atoms with Crippen LogP contribution in [0.4, 0.5) is 0 Å². The number of hydrogen-bond acceptors (Lipinski definition) is 5. The van der Waals surface area contributed by atoms with Crippen molar-refractivity contribution in [2.45, 2.75) is 6.42 Å². The van der Waals surface area contributed by atoms with Crippen LogP contribution in [0.15, 0.2) is 217 Å². The van der Waals surface area contributed by atoms with Gasteiger partial charge in [0.05, 0.1) is 11.0 Å². The van der Waals surface area contributed by atoms with Crippen LogP contribution < -0.4 is 0 Å². The summed E-state index contributed by atoms with van der Waals surface area (Å²) in [6, 6.07) is 71.6. The van der Waals surface area contributed by atoms with Crippen LogP contribution in [-0.4, -0.2) is 24.5 Å². The van der Waals surface area contributed by atoms with Crippen LogP contribution in [-0.2, 0) is 6.42 Å². The van der Waals surface area contributed by atoms with Crippen LogP contribution in [0, 0.1) is 0 Å². The average Bonchev–Trinajstić information content (AvgIpc) is 3.91. The van der Waals surface area contributed by atoms with E-state index in [2.05, 4.69) is 138 Å². The van der Waals surface area contributed by atoms with Crippen LogP contribution in [0.1, 0.15) is 11.4 Å². The van der Waals surface area contributed by atoms with Crippen molar-refractivity contribution < 1.29 is 4.42 Å². The molecule has 6 heteroatoms. The smallest absolute Gasteiger partial charge is 0.163 e. The predicted octanol–water partition coefficient (Wildman–Crippen LogP) is 14.2. The molecule has 0 aliphatic rings. The molecule has 4 heterocycles. The summed E-state index contributed by atoms with van der Waals surface area (Å²) in [5.41, 5.74) is 13.2. The second kappa shape index (κ2) is 15.2. The van der Waals surface area contributed by atoms with Crippen molar-refractivity contribution in [2.75, 3.05) is 0 Å². The molecular weight excluding hydrogens is 771 g/mol. The number of hydrogen-bond donors (Lipinski definition) is 0. The Bertz CT molecular complexity index is 3580. The summed E-state index contributed by atoms with van der Waals surface area (Å²) >= 11 is 0. The molecule has 8 aromatic carbocycles. The van der Waals surface area contributed by atoms with Gasteiger partial charge in [-0.1, -0.05) is 176 Å². The number of pyridine rings is 1. The lowest BCUT2D eigenvalue weighted by Gasteiger charge is -2.16. The second-order valence-corrected chi connectivity index (χ2v) is 15.8. The molecule has 0 saturated heterocycles. The first-order valence-electron chi connectivity index (χ1n) is 21.2. The van der Waals surface area contributed by atoms with Gasteiger partial charge >= 0.3 is 0 Å². The summed E-state index contributed by atoms with van der Waals surface area (Å²) in [5.74, 6) is 2.66. The lowest BCUT2D eigenvalue weighted by molar-refractivity contribution is 0.671. The van der Waals surface area contributed by atoms with Crippen molar-refractivity contribution in [3.63, 3.8) is 0 Å². The Kier molecular flexibility index (Phi) is 8.78. The van der Waals surface area contributed by atoms with Gasteiger partial charge in [0.1, 0.15) is 17.2 Å². The van der Waals surface area contributed by atoms with Gasteiger partial charge in [-0.2, -0.15) is 0 Å². The summed E-state index contributed by atoms with van der Waals surface area (Å²) in [5, 5.41) is 4.35. The molecule has 0 spiro atoms. The molecule has 0 atom stereocenters. The lowest BCUT2D eigenvalue weighted by Crippen LogP contribution is -2.08. The first-order chi connectivity index (χ1) is 31.2.